The van der Waals surface area contributed by atoms with Crippen LogP contribution < -0.4 is 0 Å². The number of carboxylic acids is 1. The molecule has 2 heterocycles. The number of likely N-dealkylation sites (tertiary alicyclic amines) is 1. The average molecular weight is 325 g/mol. The summed E-state index contributed by atoms with van der Waals surface area (Å²) in [7, 11) is 0. The second-order valence-electron chi connectivity index (χ2n) is 6.31. The van der Waals surface area contributed by atoms with E-state index in [2.05, 4.69) is 29.0 Å². The number of hydrogen-bond acceptors (Lipinski definition) is 4. The van der Waals surface area contributed by atoms with Crippen LogP contribution in [0.25, 0.3) is 0 Å². The van der Waals surface area contributed by atoms with Gasteiger partial charge in [-0.25, -0.2) is 14.8 Å². The highest BCUT2D eigenvalue weighted by molar-refractivity contribution is 5.93. The van der Waals surface area contributed by atoms with Crippen LogP contribution in [0.5, 0.6) is 0 Å². The number of amides is 1. The molecular formula is C18H19N3O3. The Morgan fingerprint density at radius 3 is 2.46 bits per heavy atom. The van der Waals surface area contributed by atoms with Crippen molar-refractivity contribution in [2.45, 2.75) is 31.7 Å². The van der Waals surface area contributed by atoms with Gasteiger partial charge in [0.2, 0.25) is 0 Å². The Morgan fingerprint density at radius 2 is 1.83 bits per heavy atom. The highest BCUT2D eigenvalue weighted by Gasteiger charge is 2.40. The van der Waals surface area contributed by atoms with Crippen molar-refractivity contribution in [3.8, 4) is 0 Å². The number of aromatic nitrogens is 2. The van der Waals surface area contributed by atoms with E-state index in [1.165, 1.54) is 11.8 Å². The number of carbonyl (C=O) groups excluding carboxylic acids is 1. The van der Waals surface area contributed by atoms with E-state index in [0.29, 0.717) is 6.54 Å². The van der Waals surface area contributed by atoms with Gasteiger partial charge in [-0.2, -0.15) is 0 Å². The quantitative estimate of drug-likeness (QED) is 0.933. The third-order valence-electron chi connectivity index (χ3n) is 4.51. The largest absolute Gasteiger partial charge is 0.476 e. The third-order valence-corrected chi connectivity index (χ3v) is 4.51. The van der Waals surface area contributed by atoms with E-state index in [0.717, 1.165) is 25.5 Å². The average Bonchev–Trinajstić information content (AvgIpc) is 2.96. The lowest BCUT2D eigenvalue weighted by Gasteiger charge is -2.35. The van der Waals surface area contributed by atoms with Gasteiger partial charge in [-0.1, -0.05) is 30.3 Å². The number of hydrogen-bond donors (Lipinski definition) is 1. The smallest absolute Gasteiger partial charge is 0.356 e. The molecule has 0 bridgehead atoms. The summed E-state index contributed by atoms with van der Waals surface area (Å²) in [5.41, 5.74) is 0.930. The summed E-state index contributed by atoms with van der Waals surface area (Å²) in [6.07, 6.45) is 5.01. The maximum atomic E-state index is 12.8. The molecule has 1 fully saturated rings. The molecule has 1 aromatic carbocycles. The molecule has 6 nitrogen and oxygen atoms in total. The predicted octanol–water partition coefficient (Wildman–Crippen LogP) is 2.41. The van der Waals surface area contributed by atoms with Crippen molar-refractivity contribution in [2.24, 2.45) is 0 Å². The minimum atomic E-state index is -1.16. The summed E-state index contributed by atoms with van der Waals surface area (Å²) in [4.78, 5) is 33.3. The number of aromatic carboxylic acids is 1. The van der Waals surface area contributed by atoms with Crippen LogP contribution in [-0.2, 0) is 6.42 Å². The van der Waals surface area contributed by atoms with E-state index >= 15 is 0 Å². The second-order valence-corrected chi connectivity index (χ2v) is 6.31. The molecule has 1 aliphatic heterocycles. The third kappa shape index (κ3) is 3.13. The molecule has 2 aromatic rings. The lowest BCUT2D eigenvalue weighted by Crippen LogP contribution is -2.47. The first-order chi connectivity index (χ1) is 11.5. The zero-order valence-electron chi connectivity index (χ0n) is 13.5. The zero-order valence-corrected chi connectivity index (χ0v) is 13.5. The molecule has 6 heteroatoms. The van der Waals surface area contributed by atoms with Crippen molar-refractivity contribution in [1.29, 1.82) is 0 Å². The topological polar surface area (TPSA) is 83.4 Å². The lowest BCUT2D eigenvalue weighted by molar-refractivity contribution is 0.0613. The van der Waals surface area contributed by atoms with Crippen molar-refractivity contribution >= 4 is 11.9 Å². The van der Waals surface area contributed by atoms with Crippen LogP contribution in [0.1, 0.15) is 46.3 Å². The molecule has 1 amide bonds. The Morgan fingerprint density at radius 1 is 1.17 bits per heavy atom. The number of carbonyl (C=O) groups is 2. The van der Waals surface area contributed by atoms with Gasteiger partial charge >= 0.3 is 5.97 Å². The molecular weight excluding hydrogens is 306 g/mol. The number of rotatable bonds is 4. The molecule has 1 aromatic heterocycles. The summed E-state index contributed by atoms with van der Waals surface area (Å²) in [5.74, 6) is -1.35. The Balaban J connectivity index is 1.81. The summed E-state index contributed by atoms with van der Waals surface area (Å²) >= 11 is 0. The minimum absolute atomic E-state index is 0.167. The first-order valence-corrected chi connectivity index (χ1v) is 7.91. The summed E-state index contributed by atoms with van der Waals surface area (Å²) in [5, 5.41) is 8.88. The van der Waals surface area contributed by atoms with Crippen LogP contribution in [-0.4, -0.2) is 43.9 Å². The molecule has 1 saturated heterocycles. The van der Waals surface area contributed by atoms with Crippen LogP contribution in [0.2, 0.25) is 0 Å². The molecule has 1 N–H and O–H groups in total. The normalized spacial score (nSPS) is 20.1. The van der Waals surface area contributed by atoms with E-state index in [4.69, 9.17) is 5.11 Å². The van der Waals surface area contributed by atoms with E-state index < -0.39 is 5.97 Å². The molecule has 0 saturated carbocycles. The van der Waals surface area contributed by atoms with Crippen molar-refractivity contribution in [2.75, 3.05) is 6.54 Å². The summed E-state index contributed by atoms with van der Waals surface area (Å²) in [6, 6.07) is 10.1. The van der Waals surface area contributed by atoms with Gasteiger partial charge < -0.3 is 10.0 Å². The van der Waals surface area contributed by atoms with Gasteiger partial charge in [0.1, 0.15) is 5.69 Å². The van der Waals surface area contributed by atoms with Crippen LogP contribution >= 0.6 is 0 Å². The summed E-state index contributed by atoms with van der Waals surface area (Å²) < 4.78 is 0. The van der Waals surface area contributed by atoms with Gasteiger partial charge in [-0.3, -0.25) is 4.79 Å². The standard InChI is InChI=1S/C18H19N3O3/c1-18(10-13-6-3-2-4-7-13)8-5-9-21(18)16(22)14-11-20-15(12-19-14)17(23)24/h2-4,6-7,11-12H,5,8-10H2,1H3,(H,23,24). The molecule has 0 radical (unpaired) electrons. The molecule has 0 aliphatic carbocycles. The van der Waals surface area contributed by atoms with Crippen molar-refractivity contribution in [3.63, 3.8) is 0 Å². The Labute approximate surface area is 140 Å². The molecule has 1 atom stereocenters. The van der Waals surface area contributed by atoms with Gasteiger partial charge in [-0.15, -0.1) is 0 Å². The highest BCUT2D eigenvalue weighted by atomic mass is 16.4. The highest BCUT2D eigenvalue weighted by Crippen LogP contribution is 2.33. The first-order valence-electron chi connectivity index (χ1n) is 7.91. The van der Waals surface area contributed by atoms with Crippen LogP contribution in [0, 0.1) is 0 Å². The molecule has 3 rings (SSSR count). The van der Waals surface area contributed by atoms with Crippen molar-refractivity contribution in [3.05, 3.63) is 59.7 Å². The maximum absolute atomic E-state index is 12.8. The monoisotopic (exact) mass is 325 g/mol. The van der Waals surface area contributed by atoms with Crippen LogP contribution in [0.4, 0.5) is 0 Å². The van der Waals surface area contributed by atoms with Gasteiger partial charge in [0.05, 0.1) is 12.4 Å². The molecule has 1 aliphatic rings. The predicted molar refractivity (Wildman–Crippen MR) is 87.8 cm³/mol. The number of carboxylic acid groups (broad SMARTS) is 1. The fourth-order valence-corrected chi connectivity index (χ4v) is 3.28. The first kappa shape index (κ1) is 16.1. The minimum Gasteiger partial charge on any atom is -0.476 e. The summed E-state index contributed by atoms with van der Waals surface area (Å²) in [6.45, 7) is 2.76. The number of nitrogens with zero attached hydrogens (tertiary/aromatic N) is 3. The lowest BCUT2D eigenvalue weighted by atomic mass is 9.90. The number of benzene rings is 1. The Kier molecular flexibility index (Phi) is 4.29. The van der Waals surface area contributed by atoms with Gasteiger partial charge in [0, 0.05) is 12.1 Å². The van der Waals surface area contributed by atoms with Gasteiger partial charge in [-0.05, 0) is 31.7 Å². The Bertz CT molecular complexity index is 746. The molecule has 24 heavy (non-hydrogen) atoms. The fraction of sp³-hybridized carbons (Fsp3) is 0.333. The van der Waals surface area contributed by atoms with E-state index in [9.17, 15) is 9.59 Å². The van der Waals surface area contributed by atoms with Crippen molar-refractivity contribution in [1.82, 2.24) is 14.9 Å². The van der Waals surface area contributed by atoms with Crippen molar-refractivity contribution < 1.29 is 14.7 Å². The van der Waals surface area contributed by atoms with Gasteiger partial charge in [0.15, 0.2) is 5.69 Å². The SMILES string of the molecule is CC1(Cc2ccccc2)CCCN1C(=O)c1cnc(C(=O)O)cn1. The molecule has 124 valence electrons. The second kappa shape index (κ2) is 6.39. The zero-order chi connectivity index (χ0) is 17.2. The van der Waals surface area contributed by atoms with Crippen LogP contribution in [0.3, 0.4) is 0 Å². The van der Waals surface area contributed by atoms with E-state index in [1.807, 2.05) is 23.1 Å². The fourth-order valence-electron chi connectivity index (χ4n) is 3.28. The Hall–Kier alpha value is -2.76. The van der Waals surface area contributed by atoms with Gasteiger partial charge in [0.25, 0.3) is 5.91 Å². The molecule has 1 unspecified atom stereocenters. The maximum Gasteiger partial charge on any atom is 0.356 e. The molecule has 0 spiro atoms. The van der Waals surface area contributed by atoms with Crippen LogP contribution in [0.15, 0.2) is 42.7 Å². The van der Waals surface area contributed by atoms with E-state index in [-0.39, 0.29) is 22.8 Å². The van der Waals surface area contributed by atoms with E-state index in [1.54, 1.807) is 0 Å².